The standard InChI is InChI=1S/C10H13NO/c1-2-8-11-10(12)9-6-4-3-5-7-9/h3-7H,2,8H2,1H3,(H,11,12)/i2D. The number of rotatable bonds is 3. The monoisotopic (exact) mass is 164 g/mol. The van der Waals surface area contributed by atoms with E-state index in [1.165, 1.54) is 0 Å². The highest BCUT2D eigenvalue weighted by Gasteiger charge is 2.00. The van der Waals surface area contributed by atoms with Crippen LogP contribution in [0.1, 0.15) is 25.0 Å². The van der Waals surface area contributed by atoms with Gasteiger partial charge in [-0.1, -0.05) is 25.1 Å². The Hall–Kier alpha value is -1.31. The molecule has 0 saturated carbocycles. The summed E-state index contributed by atoms with van der Waals surface area (Å²) in [6, 6.07) is 9.01. The van der Waals surface area contributed by atoms with Gasteiger partial charge in [-0.05, 0) is 18.5 Å². The Morgan fingerprint density at radius 2 is 2.17 bits per heavy atom. The van der Waals surface area contributed by atoms with Crippen LogP contribution in [-0.4, -0.2) is 12.5 Å². The molecule has 0 aliphatic carbocycles. The lowest BCUT2D eigenvalue weighted by Crippen LogP contribution is -2.23. The van der Waals surface area contributed by atoms with E-state index < -0.39 is 0 Å². The van der Waals surface area contributed by atoms with Crippen LogP contribution in [0.3, 0.4) is 0 Å². The summed E-state index contributed by atoms with van der Waals surface area (Å²) in [6.45, 7) is 2.14. The highest BCUT2D eigenvalue weighted by molar-refractivity contribution is 5.94. The van der Waals surface area contributed by atoms with E-state index in [9.17, 15) is 4.79 Å². The largest absolute Gasteiger partial charge is 0.352 e. The normalized spacial score (nSPS) is 13.2. The summed E-state index contributed by atoms with van der Waals surface area (Å²) in [6.07, 6.45) is -0.257. The molecule has 1 unspecified atom stereocenters. The number of hydrogen-bond acceptors (Lipinski definition) is 1. The van der Waals surface area contributed by atoms with Crippen LogP contribution >= 0.6 is 0 Å². The van der Waals surface area contributed by atoms with Crippen molar-refractivity contribution in [1.29, 1.82) is 0 Å². The second-order valence-electron chi connectivity index (χ2n) is 2.48. The van der Waals surface area contributed by atoms with E-state index in [4.69, 9.17) is 1.37 Å². The van der Waals surface area contributed by atoms with Gasteiger partial charge in [0, 0.05) is 13.5 Å². The molecule has 0 fully saturated rings. The first kappa shape index (κ1) is 7.35. The lowest BCUT2D eigenvalue weighted by molar-refractivity contribution is 0.0953. The molecule has 0 aromatic heterocycles. The Morgan fingerprint density at radius 3 is 2.75 bits per heavy atom. The fraction of sp³-hybridized carbons (Fsp3) is 0.300. The van der Waals surface area contributed by atoms with Gasteiger partial charge in [0.1, 0.15) is 0 Å². The predicted octanol–water partition coefficient (Wildman–Crippen LogP) is 1.83. The molecular weight excluding hydrogens is 150 g/mol. The van der Waals surface area contributed by atoms with E-state index in [1.54, 1.807) is 19.1 Å². The molecule has 0 saturated heterocycles. The van der Waals surface area contributed by atoms with Gasteiger partial charge in [0.05, 0.1) is 0 Å². The van der Waals surface area contributed by atoms with Crippen LogP contribution in [0, 0.1) is 0 Å². The maximum Gasteiger partial charge on any atom is 0.251 e. The van der Waals surface area contributed by atoms with Crippen molar-refractivity contribution in [3.8, 4) is 0 Å². The van der Waals surface area contributed by atoms with E-state index in [2.05, 4.69) is 5.32 Å². The molecular formula is C10H13NO. The molecule has 64 valence electrons. The molecule has 12 heavy (non-hydrogen) atoms. The number of benzene rings is 1. The van der Waals surface area contributed by atoms with E-state index in [0.29, 0.717) is 12.1 Å². The molecule has 1 atom stereocenters. The minimum absolute atomic E-state index is 0.111. The summed E-state index contributed by atoms with van der Waals surface area (Å²) in [5.74, 6) is -0.111. The van der Waals surface area contributed by atoms with Gasteiger partial charge in [0.25, 0.3) is 5.91 Å². The minimum Gasteiger partial charge on any atom is -0.352 e. The fourth-order valence-electron chi connectivity index (χ4n) is 0.886. The predicted molar refractivity (Wildman–Crippen MR) is 49.1 cm³/mol. The topological polar surface area (TPSA) is 29.1 Å². The van der Waals surface area contributed by atoms with Gasteiger partial charge in [-0.3, -0.25) is 4.79 Å². The maximum absolute atomic E-state index is 11.4. The van der Waals surface area contributed by atoms with Crippen molar-refractivity contribution in [2.45, 2.75) is 13.3 Å². The second-order valence-corrected chi connectivity index (χ2v) is 2.48. The molecule has 1 rings (SSSR count). The molecule has 1 N–H and O–H groups in total. The van der Waals surface area contributed by atoms with Crippen molar-refractivity contribution in [2.24, 2.45) is 0 Å². The highest BCUT2D eigenvalue weighted by Crippen LogP contribution is 1.97. The van der Waals surface area contributed by atoms with Crippen LogP contribution in [0.2, 0.25) is 0 Å². The molecule has 2 heteroatoms. The second kappa shape index (κ2) is 4.54. The Bertz CT molecular complexity index is 272. The Morgan fingerprint density at radius 1 is 1.50 bits per heavy atom. The van der Waals surface area contributed by atoms with Crippen LogP contribution in [0.15, 0.2) is 30.3 Å². The van der Waals surface area contributed by atoms with Gasteiger partial charge < -0.3 is 5.32 Å². The zero-order valence-electron chi connectivity index (χ0n) is 8.08. The van der Waals surface area contributed by atoms with Crippen molar-refractivity contribution in [2.75, 3.05) is 6.54 Å². The molecule has 0 heterocycles. The molecule has 0 aliphatic rings. The van der Waals surface area contributed by atoms with Crippen molar-refractivity contribution >= 4 is 5.91 Å². The van der Waals surface area contributed by atoms with E-state index in [-0.39, 0.29) is 12.3 Å². The zero-order chi connectivity index (χ0) is 9.68. The Kier molecular flexibility index (Phi) is 2.78. The van der Waals surface area contributed by atoms with Gasteiger partial charge in [0.15, 0.2) is 0 Å². The van der Waals surface area contributed by atoms with Crippen LogP contribution in [-0.2, 0) is 0 Å². The van der Waals surface area contributed by atoms with E-state index in [0.717, 1.165) is 0 Å². The summed E-state index contributed by atoms with van der Waals surface area (Å²) in [7, 11) is 0. The first-order valence-electron chi connectivity index (χ1n) is 4.53. The third-order valence-electron chi connectivity index (χ3n) is 1.50. The number of carbonyl (C=O) groups excluding carboxylic acids is 1. The first-order chi connectivity index (χ1) is 6.20. The van der Waals surface area contributed by atoms with Gasteiger partial charge in [-0.25, -0.2) is 0 Å². The third-order valence-corrected chi connectivity index (χ3v) is 1.50. The van der Waals surface area contributed by atoms with Gasteiger partial charge >= 0.3 is 0 Å². The summed E-state index contributed by atoms with van der Waals surface area (Å²) < 4.78 is 7.22. The van der Waals surface area contributed by atoms with Crippen LogP contribution in [0.5, 0.6) is 0 Å². The Balaban J connectivity index is 2.50. The molecule has 1 aromatic carbocycles. The quantitative estimate of drug-likeness (QED) is 0.725. The first-order valence-corrected chi connectivity index (χ1v) is 3.95. The minimum atomic E-state index is -0.257. The molecule has 1 amide bonds. The zero-order valence-corrected chi connectivity index (χ0v) is 7.08. The summed E-state index contributed by atoms with van der Waals surface area (Å²) in [4.78, 5) is 11.4. The molecule has 0 bridgehead atoms. The molecule has 0 aliphatic heterocycles. The SMILES string of the molecule is [2H]C(C)CNC(=O)c1ccccc1. The summed E-state index contributed by atoms with van der Waals surface area (Å²) in [5.41, 5.74) is 0.642. The van der Waals surface area contributed by atoms with Gasteiger partial charge in [-0.2, -0.15) is 0 Å². The van der Waals surface area contributed by atoms with E-state index >= 15 is 0 Å². The average molecular weight is 164 g/mol. The number of carbonyl (C=O) groups is 1. The van der Waals surface area contributed by atoms with Crippen LogP contribution in [0.4, 0.5) is 0 Å². The van der Waals surface area contributed by atoms with Crippen LogP contribution < -0.4 is 5.32 Å². The molecule has 0 spiro atoms. The molecule has 1 aromatic rings. The van der Waals surface area contributed by atoms with E-state index in [1.807, 2.05) is 18.2 Å². The van der Waals surface area contributed by atoms with Crippen molar-refractivity contribution in [1.82, 2.24) is 5.32 Å². The maximum atomic E-state index is 11.4. The fourth-order valence-corrected chi connectivity index (χ4v) is 0.886. The number of nitrogens with one attached hydrogen (secondary N) is 1. The lowest BCUT2D eigenvalue weighted by atomic mass is 10.2. The van der Waals surface area contributed by atoms with Gasteiger partial charge in [-0.15, -0.1) is 0 Å². The Labute approximate surface area is 74.0 Å². The number of hydrogen-bond donors (Lipinski definition) is 1. The summed E-state index contributed by atoms with van der Waals surface area (Å²) in [5, 5.41) is 2.67. The van der Waals surface area contributed by atoms with Crippen LogP contribution in [0.25, 0.3) is 0 Å². The summed E-state index contributed by atoms with van der Waals surface area (Å²) >= 11 is 0. The highest BCUT2D eigenvalue weighted by atomic mass is 16.1. The van der Waals surface area contributed by atoms with Crippen molar-refractivity contribution < 1.29 is 6.17 Å². The molecule has 0 radical (unpaired) electrons. The van der Waals surface area contributed by atoms with Crippen molar-refractivity contribution in [3.05, 3.63) is 35.9 Å². The van der Waals surface area contributed by atoms with Crippen molar-refractivity contribution in [3.63, 3.8) is 0 Å². The lowest BCUT2D eigenvalue weighted by Gasteiger charge is -2.01. The molecule has 2 nitrogen and oxygen atoms in total. The smallest absolute Gasteiger partial charge is 0.251 e. The number of amides is 1. The average Bonchev–Trinajstić information content (AvgIpc) is 2.15. The van der Waals surface area contributed by atoms with Gasteiger partial charge in [0.2, 0.25) is 0 Å². The third kappa shape index (κ3) is 2.38.